The number of benzene rings is 2. The largest absolute Gasteiger partial charge is 0.326 e. The summed E-state index contributed by atoms with van der Waals surface area (Å²) in [5, 5.41) is 13.7. The molecule has 0 aliphatic carbocycles. The maximum absolute atomic E-state index is 12.4. The van der Waals surface area contributed by atoms with Gasteiger partial charge in [0.05, 0.1) is 5.52 Å². The Hall–Kier alpha value is -2.86. The normalized spacial score (nSPS) is 11.3. The lowest BCUT2D eigenvalue weighted by molar-refractivity contribution is -0.115. The van der Waals surface area contributed by atoms with Crippen LogP contribution in [0.2, 0.25) is 0 Å². The molecule has 0 saturated carbocycles. The second-order valence-corrected chi connectivity index (χ2v) is 8.50. The molecule has 0 radical (unpaired) electrons. The molecule has 5 nitrogen and oxygen atoms in total. The smallest absolute Gasteiger partial charge is 0.225 e. The first-order valence-corrected chi connectivity index (χ1v) is 10.7. The van der Waals surface area contributed by atoms with Crippen LogP contribution in [0.25, 0.3) is 16.6 Å². The van der Waals surface area contributed by atoms with Crippen molar-refractivity contribution in [2.75, 3.05) is 11.1 Å². The maximum atomic E-state index is 12.4. The zero-order chi connectivity index (χ0) is 20.5. The van der Waals surface area contributed by atoms with Crippen molar-refractivity contribution in [3.05, 3.63) is 64.7 Å². The van der Waals surface area contributed by atoms with Gasteiger partial charge in [-0.05, 0) is 56.5 Å². The summed E-state index contributed by atoms with van der Waals surface area (Å²) < 4.78 is 2.10. The van der Waals surface area contributed by atoms with Crippen molar-refractivity contribution < 1.29 is 4.79 Å². The zero-order valence-electron chi connectivity index (χ0n) is 17.1. The third-order valence-electron chi connectivity index (χ3n) is 5.11. The van der Waals surface area contributed by atoms with Crippen LogP contribution in [0.3, 0.4) is 0 Å². The van der Waals surface area contributed by atoms with Crippen LogP contribution in [0.5, 0.6) is 0 Å². The predicted molar refractivity (Wildman–Crippen MR) is 120 cm³/mol. The molecule has 0 unspecified atom stereocenters. The number of hydrogen-bond acceptors (Lipinski definition) is 4. The molecule has 0 bridgehead atoms. The quantitative estimate of drug-likeness (QED) is 0.462. The van der Waals surface area contributed by atoms with Gasteiger partial charge in [-0.2, -0.15) is 0 Å². The molecule has 0 aliphatic heterocycles. The molecule has 0 spiro atoms. The van der Waals surface area contributed by atoms with Crippen molar-refractivity contribution in [1.82, 2.24) is 14.6 Å². The summed E-state index contributed by atoms with van der Waals surface area (Å²) in [5.41, 5.74) is 7.48. The minimum atomic E-state index is 0.00940. The van der Waals surface area contributed by atoms with E-state index >= 15 is 0 Å². The number of amides is 1. The molecule has 0 atom stereocenters. The number of fused-ring (bicyclic) bond motifs is 3. The molecule has 4 aromatic rings. The highest BCUT2D eigenvalue weighted by Gasteiger charge is 2.14. The van der Waals surface area contributed by atoms with E-state index in [-0.39, 0.29) is 5.91 Å². The van der Waals surface area contributed by atoms with Crippen molar-refractivity contribution in [3.8, 4) is 0 Å². The lowest BCUT2D eigenvalue weighted by Gasteiger charge is -2.10. The summed E-state index contributed by atoms with van der Waals surface area (Å²) >= 11 is 1.56. The van der Waals surface area contributed by atoms with Gasteiger partial charge in [0.25, 0.3) is 0 Å². The highest BCUT2D eigenvalue weighted by atomic mass is 32.2. The number of nitrogens with one attached hydrogen (secondary N) is 1. The number of aryl methyl sites for hydroxylation is 4. The van der Waals surface area contributed by atoms with Crippen LogP contribution in [0.4, 0.5) is 5.69 Å². The first kappa shape index (κ1) is 19.5. The number of anilines is 1. The van der Waals surface area contributed by atoms with E-state index in [9.17, 15) is 4.79 Å². The van der Waals surface area contributed by atoms with E-state index in [2.05, 4.69) is 64.1 Å². The van der Waals surface area contributed by atoms with Gasteiger partial charge >= 0.3 is 0 Å². The molecule has 6 heteroatoms. The molecule has 4 rings (SSSR count). The average Bonchev–Trinajstić information content (AvgIpc) is 3.07. The summed E-state index contributed by atoms with van der Waals surface area (Å²) in [6.45, 7) is 8.26. The number of aromatic nitrogens is 3. The van der Waals surface area contributed by atoms with Crippen LogP contribution < -0.4 is 5.32 Å². The van der Waals surface area contributed by atoms with Gasteiger partial charge in [0.1, 0.15) is 0 Å². The number of thioether (sulfide) groups is 1. The maximum Gasteiger partial charge on any atom is 0.225 e. The van der Waals surface area contributed by atoms with Gasteiger partial charge in [0, 0.05) is 23.2 Å². The fraction of sp³-hybridized carbons (Fsp3) is 0.261. The van der Waals surface area contributed by atoms with E-state index in [4.69, 9.17) is 0 Å². The van der Waals surface area contributed by atoms with Crippen LogP contribution in [0, 0.1) is 27.7 Å². The lowest BCUT2D eigenvalue weighted by atomic mass is 10.1. The van der Waals surface area contributed by atoms with Crippen LogP contribution in [0.1, 0.15) is 28.7 Å². The molecule has 148 valence electrons. The van der Waals surface area contributed by atoms with Crippen molar-refractivity contribution in [2.24, 2.45) is 0 Å². The predicted octanol–water partition coefficient (Wildman–Crippen LogP) is 5.24. The van der Waals surface area contributed by atoms with Gasteiger partial charge in [-0.3, -0.25) is 9.20 Å². The van der Waals surface area contributed by atoms with Crippen LogP contribution in [0.15, 0.2) is 47.6 Å². The Kier molecular flexibility index (Phi) is 5.28. The third-order valence-corrected chi connectivity index (χ3v) is 6.04. The van der Waals surface area contributed by atoms with Crippen LogP contribution >= 0.6 is 11.8 Å². The average molecular weight is 405 g/mol. The Balaban J connectivity index is 1.51. The Morgan fingerprint density at radius 3 is 2.62 bits per heavy atom. The molecule has 0 aliphatic rings. The Labute approximate surface area is 174 Å². The first-order chi connectivity index (χ1) is 13.9. The van der Waals surface area contributed by atoms with E-state index in [1.54, 1.807) is 11.8 Å². The number of hydrogen-bond donors (Lipinski definition) is 1. The van der Waals surface area contributed by atoms with E-state index in [1.807, 2.05) is 26.0 Å². The van der Waals surface area contributed by atoms with E-state index < -0.39 is 0 Å². The molecular weight excluding hydrogens is 380 g/mol. The van der Waals surface area contributed by atoms with Gasteiger partial charge in [-0.15, -0.1) is 10.2 Å². The van der Waals surface area contributed by atoms with Crippen molar-refractivity contribution in [2.45, 2.75) is 39.3 Å². The Morgan fingerprint density at radius 2 is 1.83 bits per heavy atom. The van der Waals surface area contributed by atoms with Gasteiger partial charge in [-0.25, -0.2) is 0 Å². The first-order valence-electron chi connectivity index (χ1n) is 9.68. The van der Waals surface area contributed by atoms with Crippen LogP contribution in [-0.4, -0.2) is 26.3 Å². The summed E-state index contributed by atoms with van der Waals surface area (Å²) in [6.07, 6.45) is 0.412. The SMILES string of the molecule is Cc1ccc(NC(=O)CCSc2nnc3cc(C)c4cccc(C)c4n23)c(C)c1. The minimum absolute atomic E-state index is 0.00940. The highest BCUT2D eigenvalue weighted by molar-refractivity contribution is 7.99. The molecule has 2 aromatic carbocycles. The number of pyridine rings is 1. The molecule has 0 fully saturated rings. The van der Waals surface area contributed by atoms with E-state index in [0.717, 1.165) is 27.6 Å². The molecule has 2 heterocycles. The van der Waals surface area contributed by atoms with E-state index in [1.165, 1.54) is 22.1 Å². The number of carbonyl (C=O) groups is 1. The molecule has 2 aromatic heterocycles. The summed E-state index contributed by atoms with van der Waals surface area (Å²) in [4.78, 5) is 12.4. The summed E-state index contributed by atoms with van der Waals surface area (Å²) in [7, 11) is 0. The number of para-hydroxylation sites is 1. The number of nitrogens with zero attached hydrogens (tertiary/aromatic N) is 3. The van der Waals surface area contributed by atoms with Crippen molar-refractivity contribution >= 4 is 39.9 Å². The monoisotopic (exact) mass is 404 g/mol. The van der Waals surface area contributed by atoms with Gasteiger partial charge in [-0.1, -0.05) is 47.7 Å². The molecular formula is C23H24N4OS. The fourth-order valence-corrected chi connectivity index (χ4v) is 4.51. The molecule has 1 N–H and O–H groups in total. The number of rotatable bonds is 5. The highest BCUT2D eigenvalue weighted by Crippen LogP contribution is 2.28. The van der Waals surface area contributed by atoms with Crippen molar-refractivity contribution in [3.63, 3.8) is 0 Å². The zero-order valence-corrected chi connectivity index (χ0v) is 17.9. The molecule has 1 amide bonds. The Morgan fingerprint density at radius 1 is 1.00 bits per heavy atom. The van der Waals surface area contributed by atoms with Gasteiger partial charge < -0.3 is 5.32 Å². The standard InChI is InChI=1S/C23H24N4OS/c1-14-8-9-19(17(4)12-14)24-21(28)10-11-29-23-26-25-20-13-16(3)18-7-5-6-15(2)22(18)27(20)23/h5-9,12-13H,10-11H2,1-4H3,(H,24,28). The third kappa shape index (κ3) is 3.85. The second kappa shape index (κ2) is 7.87. The van der Waals surface area contributed by atoms with Crippen molar-refractivity contribution in [1.29, 1.82) is 0 Å². The summed E-state index contributed by atoms with van der Waals surface area (Å²) in [6, 6.07) is 14.4. The van der Waals surface area contributed by atoms with Gasteiger partial charge in [0.2, 0.25) is 5.91 Å². The second-order valence-electron chi connectivity index (χ2n) is 7.44. The molecule has 0 saturated heterocycles. The molecule has 29 heavy (non-hydrogen) atoms. The Bertz CT molecular complexity index is 1230. The van der Waals surface area contributed by atoms with Gasteiger partial charge in [0.15, 0.2) is 10.8 Å². The van der Waals surface area contributed by atoms with Crippen LogP contribution in [-0.2, 0) is 4.79 Å². The fourth-order valence-electron chi connectivity index (χ4n) is 3.63. The van der Waals surface area contributed by atoms with E-state index in [0.29, 0.717) is 12.2 Å². The number of carbonyl (C=O) groups excluding carboxylic acids is 1. The topological polar surface area (TPSA) is 59.3 Å². The minimum Gasteiger partial charge on any atom is -0.326 e. The lowest BCUT2D eigenvalue weighted by Crippen LogP contribution is -2.13. The summed E-state index contributed by atoms with van der Waals surface area (Å²) in [5.74, 6) is 0.647.